The quantitative estimate of drug-likeness (QED) is 0.839. The number of nitrogens with one attached hydrogen (secondary N) is 2. The zero-order valence-corrected chi connectivity index (χ0v) is 10.5. The molecule has 2 N–H and O–H groups in total. The molecule has 0 aliphatic carbocycles. The van der Waals surface area contributed by atoms with Crippen LogP contribution in [0, 0.1) is 6.92 Å². The minimum atomic E-state index is -0.0145. The molecule has 17 heavy (non-hydrogen) atoms. The summed E-state index contributed by atoms with van der Waals surface area (Å²) >= 11 is 0. The molecule has 1 aliphatic heterocycles. The molecule has 1 saturated heterocycles. The van der Waals surface area contributed by atoms with Crippen LogP contribution in [0.2, 0.25) is 0 Å². The zero-order valence-electron chi connectivity index (χ0n) is 10.5. The maximum absolute atomic E-state index is 12.1. The van der Waals surface area contributed by atoms with Crippen LogP contribution in [-0.2, 0) is 11.2 Å². The summed E-state index contributed by atoms with van der Waals surface area (Å²) in [6.07, 6.45) is 2.97. The second-order valence-electron chi connectivity index (χ2n) is 4.60. The maximum atomic E-state index is 12.1. The first-order valence-electron chi connectivity index (χ1n) is 6.35. The topological polar surface area (TPSA) is 41.1 Å². The van der Waals surface area contributed by atoms with Gasteiger partial charge in [0.15, 0.2) is 0 Å². The van der Waals surface area contributed by atoms with Gasteiger partial charge < -0.3 is 10.6 Å². The van der Waals surface area contributed by atoms with Crippen LogP contribution in [0.3, 0.4) is 0 Å². The van der Waals surface area contributed by atoms with Crippen LogP contribution in [-0.4, -0.2) is 18.5 Å². The van der Waals surface area contributed by atoms with E-state index < -0.39 is 0 Å². The number of benzene rings is 1. The van der Waals surface area contributed by atoms with E-state index >= 15 is 0 Å². The number of hydrogen-bond donors (Lipinski definition) is 2. The van der Waals surface area contributed by atoms with Crippen molar-refractivity contribution in [1.29, 1.82) is 0 Å². The SMILES string of the molecule is CCc1cccc(C)c1NC(=O)C1CCCN1. The summed E-state index contributed by atoms with van der Waals surface area (Å²) in [7, 11) is 0. The van der Waals surface area contributed by atoms with Crippen molar-refractivity contribution in [3.63, 3.8) is 0 Å². The lowest BCUT2D eigenvalue weighted by Crippen LogP contribution is -2.35. The number of amides is 1. The maximum Gasteiger partial charge on any atom is 0.241 e. The largest absolute Gasteiger partial charge is 0.324 e. The Morgan fingerprint density at radius 2 is 2.35 bits per heavy atom. The Morgan fingerprint density at radius 3 is 3.00 bits per heavy atom. The molecule has 1 atom stereocenters. The Bertz CT molecular complexity index is 409. The van der Waals surface area contributed by atoms with Gasteiger partial charge in [-0.25, -0.2) is 0 Å². The standard InChI is InChI=1S/C14H20N2O/c1-3-11-7-4-6-10(2)13(11)16-14(17)12-8-5-9-15-12/h4,6-7,12,15H,3,5,8-9H2,1-2H3,(H,16,17). The van der Waals surface area contributed by atoms with Crippen molar-refractivity contribution in [3.8, 4) is 0 Å². The summed E-state index contributed by atoms with van der Waals surface area (Å²) in [5.41, 5.74) is 3.33. The summed E-state index contributed by atoms with van der Waals surface area (Å²) in [4.78, 5) is 12.1. The van der Waals surface area contributed by atoms with Gasteiger partial charge in [-0.1, -0.05) is 25.1 Å². The lowest BCUT2D eigenvalue weighted by Gasteiger charge is -2.16. The number of aryl methyl sites for hydroxylation is 2. The Hall–Kier alpha value is -1.35. The predicted molar refractivity (Wildman–Crippen MR) is 70.2 cm³/mol. The van der Waals surface area contributed by atoms with E-state index in [1.807, 2.05) is 19.1 Å². The summed E-state index contributed by atoms with van der Waals surface area (Å²) in [6.45, 7) is 5.10. The van der Waals surface area contributed by atoms with Gasteiger partial charge in [-0.2, -0.15) is 0 Å². The van der Waals surface area contributed by atoms with Crippen molar-refractivity contribution in [2.24, 2.45) is 0 Å². The fourth-order valence-electron chi connectivity index (χ4n) is 2.32. The predicted octanol–water partition coefficient (Wildman–Crippen LogP) is 2.25. The van der Waals surface area contributed by atoms with Crippen LogP contribution >= 0.6 is 0 Å². The summed E-state index contributed by atoms with van der Waals surface area (Å²) in [5.74, 6) is 0.103. The van der Waals surface area contributed by atoms with E-state index in [0.29, 0.717) is 0 Å². The van der Waals surface area contributed by atoms with Gasteiger partial charge in [0, 0.05) is 5.69 Å². The number of para-hydroxylation sites is 1. The highest BCUT2D eigenvalue weighted by Crippen LogP contribution is 2.21. The van der Waals surface area contributed by atoms with E-state index in [1.54, 1.807) is 0 Å². The third kappa shape index (κ3) is 2.67. The van der Waals surface area contributed by atoms with Crippen molar-refractivity contribution < 1.29 is 4.79 Å². The van der Waals surface area contributed by atoms with Crippen LogP contribution in [0.5, 0.6) is 0 Å². The van der Waals surface area contributed by atoms with Crippen LogP contribution in [0.15, 0.2) is 18.2 Å². The zero-order chi connectivity index (χ0) is 12.3. The second kappa shape index (κ2) is 5.32. The number of anilines is 1. The van der Waals surface area contributed by atoms with Crippen LogP contribution in [0.4, 0.5) is 5.69 Å². The molecule has 0 spiro atoms. The molecule has 3 heteroatoms. The van der Waals surface area contributed by atoms with E-state index in [4.69, 9.17) is 0 Å². The van der Waals surface area contributed by atoms with Gasteiger partial charge in [-0.05, 0) is 43.9 Å². The highest BCUT2D eigenvalue weighted by atomic mass is 16.2. The highest BCUT2D eigenvalue weighted by molar-refractivity contribution is 5.96. The second-order valence-corrected chi connectivity index (χ2v) is 4.60. The number of rotatable bonds is 3. The van der Waals surface area contributed by atoms with E-state index in [9.17, 15) is 4.79 Å². The summed E-state index contributed by atoms with van der Waals surface area (Å²) in [6, 6.07) is 6.14. The van der Waals surface area contributed by atoms with Crippen LogP contribution < -0.4 is 10.6 Å². The molecule has 1 fully saturated rings. The molecule has 0 aromatic heterocycles. The minimum absolute atomic E-state index is 0.0145. The summed E-state index contributed by atoms with van der Waals surface area (Å²) < 4.78 is 0. The Balaban J connectivity index is 2.14. The van der Waals surface area contributed by atoms with Gasteiger partial charge in [0.2, 0.25) is 5.91 Å². The monoisotopic (exact) mass is 232 g/mol. The van der Waals surface area contributed by atoms with Gasteiger partial charge in [0.25, 0.3) is 0 Å². The molecule has 1 aliphatic rings. The van der Waals surface area contributed by atoms with E-state index in [-0.39, 0.29) is 11.9 Å². The third-order valence-corrected chi connectivity index (χ3v) is 3.36. The van der Waals surface area contributed by atoms with E-state index in [0.717, 1.165) is 37.1 Å². The first-order valence-corrected chi connectivity index (χ1v) is 6.35. The molecule has 92 valence electrons. The normalized spacial score (nSPS) is 19.3. The molecule has 0 bridgehead atoms. The molecular weight excluding hydrogens is 212 g/mol. The lowest BCUT2D eigenvalue weighted by atomic mass is 10.1. The highest BCUT2D eigenvalue weighted by Gasteiger charge is 2.22. The lowest BCUT2D eigenvalue weighted by molar-refractivity contribution is -0.117. The number of carbonyl (C=O) groups is 1. The number of carbonyl (C=O) groups excluding carboxylic acids is 1. The molecule has 2 rings (SSSR count). The van der Waals surface area contributed by atoms with Gasteiger partial charge in [0.05, 0.1) is 6.04 Å². The van der Waals surface area contributed by atoms with Crippen LogP contribution in [0.25, 0.3) is 0 Å². The van der Waals surface area contributed by atoms with Crippen molar-refractivity contribution in [2.75, 3.05) is 11.9 Å². The van der Waals surface area contributed by atoms with Crippen LogP contribution in [0.1, 0.15) is 30.9 Å². The first kappa shape index (κ1) is 12.1. The smallest absolute Gasteiger partial charge is 0.241 e. The fourth-order valence-corrected chi connectivity index (χ4v) is 2.32. The molecule has 0 saturated carbocycles. The third-order valence-electron chi connectivity index (χ3n) is 3.36. The molecular formula is C14H20N2O. The molecule has 1 heterocycles. The number of hydrogen-bond acceptors (Lipinski definition) is 2. The molecule has 0 radical (unpaired) electrons. The van der Waals surface area contributed by atoms with E-state index in [2.05, 4.69) is 23.6 Å². The van der Waals surface area contributed by atoms with Gasteiger partial charge in [-0.3, -0.25) is 4.79 Å². The molecule has 1 aromatic carbocycles. The minimum Gasteiger partial charge on any atom is -0.324 e. The Morgan fingerprint density at radius 1 is 1.53 bits per heavy atom. The fraction of sp³-hybridized carbons (Fsp3) is 0.500. The first-order chi connectivity index (χ1) is 8.22. The average molecular weight is 232 g/mol. The van der Waals surface area contributed by atoms with E-state index in [1.165, 1.54) is 5.56 Å². The van der Waals surface area contributed by atoms with Gasteiger partial charge in [-0.15, -0.1) is 0 Å². The molecule has 3 nitrogen and oxygen atoms in total. The Kier molecular flexibility index (Phi) is 3.79. The molecule has 1 aromatic rings. The summed E-state index contributed by atoms with van der Waals surface area (Å²) in [5, 5.41) is 6.29. The van der Waals surface area contributed by atoms with Crippen molar-refractivity contribution >= 4 is 11.6 Å². The van der Waals surface area contributed by atoms with Crippen molar-refractivity contribution in [2.45, 2.75) is 39.2 Å². The Labute approximate surface area is 103 Å². The molecule has 1 amide bonds. The van der Waals surface area contributed by atoms with Gasteiger partial charge in [0.1, 0.15) is 0 Å². The van der Waals surface area contributed by atoms with Gasteiger partial charge >= 0.3 is 0 Å². The molecule has 1 unspecified atom stereocenters. The van der Waals surface area contributed by atoms with Crippen molar-refractivity contribution in [3.05, 3.63) is 29.3 Å². The average Bonchev–Trinajstić information content (AvgIpc) is 2.85. The van der Waals surface area contributed by atoms with Crippen molar-refractivity contribution in [1.82, 2.24) is 5.32 Å².